The van der Waals surface area contributed by atoms with Gasteiger partial charge < -0.3 is 4.74 Å². The zero-order valence-electron chi connectivity index (χ0n) is 15.8. The minimum absolute atomic E-state index is 0.146. The molecule has 29 heavy (non-hydrogen) atoms. The molecule has 0 bridgehead atoms. The van der Waals surface area contributed by atoms with E-state index < -0.39 is 52.0 Å². The SMILES string of the molecule is COC(=O)c1c(C(F)F)nc(C(F)(F)F)c(C(S)C2(C)N=NN=N2)c1CC(C)C. The molecule has 0 aromatic carbocycles. The van der Waals surface area contributed by atoms with Crippen molar-refractivity contribution in [3.05, 3.63) is 28.1 Å². The number of nitrogens with zero attached hydrogens (tertiary/aromatic N) is 5. The molecule has 13 heteroatoms. The van der Waals surface area contributed by atoms with Crippen LogP contribution in [0.2, 0.25) is 0 Å². The maximum absolute atomic E-state index is 13.8. The fraction of sp³-hybridized carbons (Fsp3) is 0.625. The molecule has 160 valence electrons. The lowest BCUT2D eigenvalue weighted by Crippen LogP contribution is -2.30. The molecule has 1 unspecified atom stereocenters. The summed E-state index contributed by atoms with van der Waals surface area (Å²) in [5.41, 5.74) is -6.12. The molecule has 1 aromatic rings. The Balaban J connectivity index is 2.98. The maximum Gasteiger partial charge on any atom is 0.433 e. The van der Waals surface area contributed by atoms with Gasteiger partial charge in [-0.2, -0.15) is 25.8 Å². The standard InChI is InChI=1S/C16H18F5N5O2S/c1-6(2)5-7-8(14(27)28-4)10(13(17)18)22-11(16(19,20)21)9(7)12(29)15(3)23-25-26-24-15/h6,12-13,29H,5H2,1-4H3. The van der Waals surface area contributed by atoms with E-state index in [-0.39, 0.29) is 17.9 Å². The number of aromatic nitrogens is 1. The summed E-state index contributed by atoms with van der Waals surface area (Å²) in [5.74, 6) is -1.52. The fourth-order valence-corrected chi connectivity index (χ4v) is 3.29. The first-order valence-electron chi connectivity index (χ1n) is 8.36. The normalized spacial score (nSPS) is 16.7. The summed E-state index contributed by atoms with van der Waals surface area (Å²) < 4.78 is 73.2. The van der Waals surface area contributed by atoms with Gasteiger partial charge in [0.1, 0.15) is 11.4 Å². The van der Waals surface area contributed by atoms with Gasteiger partial charge in [0, 0.05) is 5.56 Å². The van der Waals surface area contributed by atoms with Gasteiger partial charge in [-0.3, -0.25) is 0 Å². The number of methoxy groups -OCH3 is 1. The van der Waals surface area contributed by atoms with Crippen LogP contribution < -0.4 is 0 Å². The molecule has 1 aliphatic rings. The summed E-state index contributed by atoms with van der Waals surface area (Å²) in [4.78, 5) is 15.4. The van der Waals surface area contributed by atoms with E-state index in [1.54, 1.807) is 13.8 Å². The third-order valence-electron chi connectivity index (χ3n) is 4.17. The topological polar surface area (TPSA) is 88.6 Å². The molecular formula is C16H18F5N5O2S. The lowest BCUT2D eigenvalue weighted by molar-refractivity contribution is -0.142. The largest absolute Gasteiger partial charge is 0.465 e. The van der Waals surface area contributed by atoms with Gasteiger partial charge in [0.15, 0.2) is 0 Å². The first kappa shape index (κ1) is 23.1. The van der Waals surface area contributed by atoms with Crippen LogP contribution in [0.5, 0.6) is 0 Å². The Morgan fingerprint density at radius 2 is 1.76 bits per heavy atom. The van der Waals surface area contributed by atoms with Crippen molar-refractivity contribution in [1.29, 1.82) is 0 Å². The molecule has 0 fully saturated rings. The monoisotopic (exact) mass is 439 g/mol. The van der Waals surface area contributed by atoms with Crippen LogP contribution in [0.3, 0.4) is 0 Å². The lowest BCUT2D eigenvalue weighted by atomic mass is 9.86. The number of carbonyl (C=O) groups excluding carboxylic acids is 1. The molecule has 0 saturated heterocycles. The first-order valence-corrected chi connectivity index (χ1v) is 8.87. The van der Waals surface area contributed by atoms with E-state index in [1.807, 2.05) is 0 Å². The molecule has 1 aliphatic heterocycles. The second-order valence-corrected chi connectivity index (χ2v) is 7.39. The number of halogens is 5. The minimum atomic E-state index is -5.11. The number of thiol groups is 1. The Morgan fingerprint density at radius 3 is 2.17 bits per heavy atom. The summed E-state index contributed by atoms with van der Waals surface area (Å²) in [6.45, 7) is 4.64. The highest BCUT2D eigenvalue weighted by Crippen LogP contribution is 2.47. The number of ether oxygens (including phenoxy) is 1. The predicted molar refractivity (Wildman–Crippen MR) is 93.9 cm³/mol. The van der Waals surface area contributed by atoms with Crippen LogP contribution in [-0.2, 0) is 17.3 Å². The van der Waals surface area contributed by atoms with Crippen LogP contribution in [0.1, 0.15) is 65.3 Å². The number of rotatable bonds is 6. The van der Waals surface area contributed by atoms with E-state index in [1.165, 1.54) is 6.92 Å². The van der Waals surface area contributed by atoms with Crippen molar-refractivity contribution in [3.63, 3.8) is 0 Å². The Bertz CT molecular complexity index is 845. The Hall–Kier alpha value is -2.18. The Morgan fingerprint density at radius 1 is 1.21 bits per heavy atom. The first-order chi connectivity index (χ1) is 13.3. The zero-order valence-corrected chi connectivity index (χ0v) is 16.7. The zero-order chi connectivity index (χ0) is 22.1. The van der Waals surface area contributed by atoms with Crippen molar-refractivity contribution in [3.8, 4) is 0 Å². The second-order valence-electron chi connectivity index (χ2n) is 6.88. The molecule has 1 aromatic heterocycles. The molecule has 0 spiro atoms. The number of pyridine rings is 1. The molecule has 1 atom stereocenters. The van der Waals surface area contributed by atoms with Crippen molar-refractivity contribution < 1.29 is 31.5 Å². The van der Waals surface area contributed by atoms with Gasteiger partial charge in [-0.1, -0.05) is 13.8 Å². The van der Waals surface area contributed by atoms with Crippen LogP contribution in [0.4, 0.5) is 22.0 Å². The van der Waals surface area contributed by atoms with Crippen molar-refractivity contribution in [2.24, 2.45) is 26.6 Å². The number of alkyl halides is 5. The van der Waals surface area contributed by atoms with Crippen LogP contribution in [0, 0.1) is 5.92 Å². The van der Waals surface area contributed by atoms with Crippen LogP contribution in [0.25, 0.3) is 0 Å². The summed E-state index contributed by atoms with van der Waals surface area (Å²) in [7, 11) is 0.937. The van der Waals surface area contributed by atoms with Gasteiger partial charge in [0.25, 0.3) is 6.43 Å². The smallest absolute Gasteiger partial charge is 0.433 e. The summed E-state index contributed by atoms with van der Waals surface area (Å²) in [6, 6.07) is 0. The van der Waals surface area contributed by atoms with E-state index in [4.69, 9.17) is 0 Å². The van der Waals surface area contributed by atoms with Crippen molar-refractivity contribution in [2.45, 2.75) is 50.7 Å². The van der Waals surface area contributed by atoms with Gasteiger partial charge in [-0.25, -0.2) is 18.6 Å². The van der Waals surface area contributed by atoms with Crippen LogP contribution >= 0.6 is 12.6 Å². The highest BCUT2D eigenvalue weighted by molar-refractivity contribution is 7.80. The van der Waals surface area contributed by atoms with E-state index >= 15 is 0 Å². The maximum atomic E-state index is 13.8. The van der Waals surface area contributed by atoms with E-state index in [2.05, 4.69) is 43.0 Å². The molecule has 2 heterocycles. The molecule has 0 radical (unpaired) electrons. The third-order valence-corrected chi connectivity index (χ3v) is 4.92. The van der Waals surface area contributed by atoms with Gasteiger partial charge in [-0.15, -0.1) is 10.2 Å². The van der Waals surface area contributed by atoms with Crippen molar-refractivity contribution in [2.75, 3.05) is 7.11 Å². The Labute approximate surface area is 168 Å². The molecule has 0 saturated carbocycles. The quantitative estimate of drug-likeness (QED) is 0.358. The van der Waals surface area contributed by atoms with Gasteiger partial charge in [-0.05, 0) is 35.3 Å². The fourth-order valence-electron chi connectivity index (χ4n) is 2.91. The lowest BCUT2D eigenvalue weighted by Gasteiger charge is -2.29. The average Bonchev–Trinajstić information content (AvgIpc) is 3.06. The average molecular weight is 439 g/mol. The number of esters is 1. The molecular weight excluding hydrogens is 421 g/mol. The van der Waals surface area contributed by atoms with E-state index in [0.717, 1.165) is 7.11 Å². The molecule has 0 aliphatic carbocycles. The summed E-state index contributed by atoms with van der Waals surface area (Å²) >= 11 is 4.24. The number of hydrogen-bond donors (Lipinski definition) is 1. The number of carbonyl (C=O) groups is 1. The van der Waals surface area contributed by atoms with E-state index in [9.17, 15) is 26.7 Å². The second kappa shape index (κ2) is 8.28. The van der Waals surface area contributed by atoms with Crippen LogP contribution in [0.15, 0.2) is 20.7 Å². The molecule has 0 N–H and O–H groups in total. The highest BCUT2D eigenvalue weighted by Gasteiger charge is 2.47. The van der Waals surface area contributed by atoms with E-state index in [0.29, 0.717) is 0 Å². The minimum Gasteiger partial charge on any atom is -0.465 e. The van der Waals surface area contributed by atoms with Crippen LogP contribution in [-0.4, -0.2) is 23.7 Å². The Kier molecular flexibility index (Phi) is 6.60. The summed E-state index contributed by atoms with van der Waals surface area (Å²) in [6.07, 6.45) is -8.69. The molecule has 7 nitrogen and oxygen atoms in total. The predicted octanol–water partition coefficient (Wildman–Crippen LogP) is 5.54. The third kappa shape index (κ3) is 4.54. The van der Waals surface area contributed by atoms with Gasteiger partial charge >= 0.3 is 12.1 Å². The van der Waals surface area contributed by atoms with Gasteiger partial charge in [0.2, 0.25) is 5.66 Å². The van der Waals surface area contributed by atoms with Crippen molar-refractivity contribution >= 4 is 18.6 Å². The molecule has 0 amide bonds. The molecule has 2 rings (SSSR count). The number of hydrogen-bond acceptors (Lipinski definition) is 8. The van der Waals surface area contributed by atoms with Crippen molar-refractivity contribution in [1.82, 2.24) is 4.98 Å². The summed E-state index contributed by atoms with van der Waals surface area (Å²) in [5, 5.41) is 12.6. The van der Waals surface area contributed by atoms with Gasteiger partial charge in [0.05, 0.1) is 17.9 Å². The highest BCUT2D eigenvalue weighted by atomic mass is 32.1.